The minimum atomic E-state index is -0.743. The van der Waals surface area contributed by atoms with Crippen LogP contribution in [0.1, 0.15) is 24.0 Å². The Hall–Kier alpha value is -1.40. The average Bonchev–Trinajstić information content (AvgIpc) is 3.08. The van der Waals surface area contributed by atoms with E-state index >= 15 is 0 Å². The van der Waals surface area contributed by atoms with Crippen LogP contribution < -0.4 is 0 Å². The molecular weight excluding hydrogens is 220 g/mol. The summed E-state index contributed by atoms with van der Waals surface area (Å²) in [6.45, 7) is 0. The Morgan fingerprint density at radius 3 is 2.69 bits per heavy atom. The molecule has 1 aromatic rings. The summed E-state index contributed by atoms with van der Waals surface area (Å²) < 4.78 is 0. The third kappa shape index (κ3) is 1.81. The van der Waals surface area contributed by atoms with E-state index in [0.717, 1.165) is 11.1 Å². The molecule has 1 saturated carbocycles. The van der Waals surface area contributed by atoms with Gasteiger partial charge in [-0.2, -0.15) is 12.6 Å². The lowest BCUT2D eigenvalue weighted by molar-refractivity contribution is -0.140. The number of hydrogen-bond acceptors (Lipinski definition) is 2. The number of benzene rings is 1. The van der Waals surface area contributed by atoms with Gasteiger partial charge in [-0.25, -0.2) is 0 Å². The van der Waals surface area contributed by atoms with Crippen LogP contribution in [0.5, 0.6) is 0 Å². The van der Waals surface area contributed by atoms with E-state index in [0.29, 0.717) is 18.6 Å². The maximum Gasteiger partial charge on any atom is 0.314 e. The SMILES string of the molecule is O=C(O)C1(c2ccccc2C#CCS)CC1. The molecule has 0 aromatic heterocycles. The summed E-state index contributed by atoms with van der Waals surface area (Å²) in [5, 5.41) is 9.24. The molecule has 0 saturated heterocycles. The van der Waals surface area contributed by atoms with Crippen LogP contribution in [-0.2, 0) is 10.2 Å². The van der Waals surface area contributed by atoms with Crippen LogP contribution in [0.3, 0.4) is 0 Å². The molecule has 1 aliphatic carbocycles. The van der Waals surface area contributed by atoms with E-state index in [1.54, 1.807) is 0 Å². The van der Waals surface area contributed by atoms with Crippen molar-refractivity contribution in [1.82, 2.24) is 0 Å². The average molecular weight is 232 g/mol. The van der Waals surface area contributed by atoms with Crippen LogP contribution in [0.2, 0.25) is 0 Å². The van der Waals surface area contributed by atoms with Gasteiger partial charge < -0.3 is 5.11 Å². The summed E-state index contributed by atoms with van der Waals surface area (Å²) in [5.74, 6) is 5.58. The van der Waals surface area contributed by atoms with Gasteiger partial charge in [0.25, 0.3) is 0 Å². The number of aliphatic carboxylic acids is 1. The second kappa shape index (κ2) is 4.23. The minimum absolute atomic E-state index is 0.481. The Bertz CT molecular complexity index is 478. The maximum atomic E-state index is 11.2. The lowest BCUT2D eigenvalue weighted by Gasteiger charge is -2.11. The highest BCUT2D eigenvalue weighted by Crippen LogP contribution is 2.49. The van der Waals surface area contributed by atoms with Gasteiger partial charge in [-0.05, 0) is 24.5 Å². The predicted octanol–water partition coefficient (Wildman–Crippen LogP) is 2.08. The zero-order valence-electron chi connectivity index (χ0n) is 8.73. The first-order valence-corrected chi connectivity index (χ1v) is 5.76. The molecule has 0 aliphatic heterocycles. The van der Waals surface area contributed by atoms with Crippen molar-refractivity contribution in [2.45, 2.75) is 18.3 Å². The fourth-order valence-corrected chi connectivity index (χ4v) is 1.95. The summed E-state index contributed by atoms with van der Waals surface area (Å²) in [4.78, 5) is 11.2. The van der Waals surface area contributed by atoms with Crippen molar-refractivity contribution in [3.8, 4) is 11.8 Å². The Morgan fingerprint density at radius 2 is 2.12 bits per heavy atom. The van der Waals surface area contributed by atoms with E-state index < -0.39 is 11.4 Å². The van der Waals surface area contributed by atoms with Gasteiger partial charge in [0.2, 0.25) is 0 Å². The van der Waals surface area contributed by atoms with Crippen molar-refractivity contribution in [3.63, 3.8) is 0 Å². The topological polar surface area (TPSA) is 37.3 Å². The largest absolute Gasteiger partial charge is 0.481 e. The van der Waals surface area contributed by atoms with Crippen LogP contribution in [0.4, 0.5) is 0 Å². The van der Waals surface area contributed by atoms with Crippen LogP contribution >= 0.6 is 12.6 Å². The van der Waals surface area contributed by atoms with Crippen LogP contribution in [0.15, 0.2) is 24.3 Å². The first-order valence-electron chi connectivity index (χ1n) is 5.13. The van der Waals surface area contributed by atoms with Gasteiger partial charge in [0.1, 0.15) is 0 Å². The van der Waals surface area contributed by atoms with Gasteiger partial charge >= 0.3 is 5.97 Å². The van der Waals surface area contributed by atoms with Crippen molar-refractivity contribution in [1.29, 1.82) is 0 Å². The molecule has 1 aliphatic rings. The number of carboxylic acid groups (broad SMARTS) is 1. The Kier molecular flexibility index (Phi) is 2.93. The Morgan fingerprint density at radius 1 is 1.44 bits per heavy atom. The summed E-state index contributed by atoms with van der Waals surface area (Å²) in [5.41, 5.74) is 0.982. The lowest BCUT2D eigenvalue weighted by Crippen LogP contribution is -2.20. The number of carboxylic acids is 1. The van der Waals surface area contributed by atoms with Crippen LogP contribution in [-0.4, -0.2) is 16.8 Å². The molecule has 0 spiro atoms. The first-order chi connectivity index (χ1) is 7.70. The molecule has 1 N–H and O–H groups in total. The van der Waals surface area contributed by atoms with Gasteiger partial charge in [-0.3, -0.25) is 4.79 Å². The quantitative estimate of drug-likeness (QED) is 0.605. The molecule has 1 aromatic carbocycles. The maximum absolute atomic E-state index is 11.2. The van der Waals surface area contributed by atoms with Crippen molar-refractivity contribution in [2.24, 2.45) is 0 Å². The Labute approximate surface area is 100 Å². The summed E-state index contributed by atoms with van der Waals surface area (Å²) in [6, 6.07) is 7.48. The number of hydrogen-bond donors (Lipinski definition) is 2. The molecule has 0 unspecified atom stereocenters. The fourth-order valence-electron chi connectivity index (χ4n) is 1.87. The van der Waals surface area contributed by atoms with Crippen LogP contribution in [0, 0.1) is 11.8 Å². The molecule has 2 nitrogen and oxygen atoms in total. The van der Waals surface area contributed by atoms with Gasteiger partial charge in [0.15, 0.2) is 0 Å². The highest BCUT2D eigenvalue weighted by Gasteiger charge is 2.52. The third-order valence-corrected chi connectivity index (χ3v) is 3.06. The summed E-state index contributed by atoms with van der Waals surface area (Å²) in [7, 11) is 0. The molecule has 0 atom stereocenters. The Balaban J connectivity index is 2.45. The first kappa shape index (κ1) is 11.1. The smallest absolute Gasteiger partial charge is 0.314 e. The molecule has 0 amide bonds. The third-order valence-electron chi connectivity index (χ3n) is 2.90. The predicted molar refractivity (Wildman–Crippen MR) is 65.7 cm³/mol. The molecule has 3 heteroatoms. The second-order valence-electron chi connectivity index (χ2n) is 3.89. The molecular formula is C13H12O2S. The minimum Gasteiger partial charge on any atom is -0.481 e. The zero-order valence-corrected chi connectivity index (χ0v) is 9.63. The molecule has 1 fully saturated rings. The van der Waals surface area contributed by atoms with Crippen molar-refractivity contribution in [3.05, 3.63) is 35.4 Å². The lowest BCUT2D eigenvalue weighted by atomic mass is 9.91. The van der Waals surface area contributed by atoms with Gasteiger partial charge in [-0.15, -0.1) is 0 Å². The van der Waals surface area contributed by atoms with E-state index in [9.17, 15) is 9.90 Å². The van der Waals surface area contributed by atoms with Crippen molar-refractivity contribution < 1.29 is 9.90 Å². The molecule has 16 heavy (non-hydrogen) atoms. The van der Waals surface area contributed by atoms with Crippen LogP contribution in [0.25, 0.3) is 0 Å². The fraction of sp³-hybridized carbons (Fsp3) is 0.308. The van der Waals surface area contributed by atoms with Gasteiger partial charge in [0.05, 0.1) is 11.2 Å². The number of carbonyl (C=O) groups is 1. The molecule has 2 rings (SSSR count). The summed E-state index contributed by atoms with van der Waals surface area (Å²) in [6.07, 6.45) is 1.42. The molecule has 0 bridgehead atoms. The molecule has 0 heterocycles. The molecule has 0 radical (unpaired) electrons. The van der Waals surface area contributed by atoms with Crippen molar-refractivity contribution in [2.75, 3.05) is 5.75 Å². The summed E-state index contributed by atoms with van der Waals surface area (Å²) >= 11 is 4.02. The monoisotopic (exact) mass is 232 g/mol. The van der Waals surface area contributed by atoms with E-state index in [-0.39, 0.29) is 0 Å². The standard InChI is InChI=1S/C13H12O2S/c14-12(15)13(7-8-13)11-6-2-1-4-10(11)5-3-9-16/h1-2,4,6,16H,7-9H2,(H,14,15). The normalized spacial score (nSPS) is 16.1. The molecule has 82 valence electrons. The van der Waals surface area contributed by atoms with E-state index in [4.69, 9.17) is 0 Å². The number of thiol groups is 1. The second-order valence-corrected chi connectivity index (χ2v) is 4.21. The van der Waals surface area contributed by atoms with Gasteiger partial charge in [-0.1, -0.05) is 30.0 Å². The van der Waals surface area contributed by atoms with E-state index in [1.165, 1.54) is 0 Å². The highest BCUT2D eigenvalue weighted by molar-refractivity contribution is 7.80. The van der Waals surface area contributed by atoms with Gasteiger partial charge in [0, 0.05) is 5.56 Å². The zero-order chi connectivity index (χ0) is 11.6. The number of rotatable bonds is 2. The van der Waals surface area contributed by atoms with E-state index in [2.05, 4.69) is 24.5 Å². The highest BCUT2D eigenvalue weighted by atomic mass is 32.1. The van der Waals surface area contributed by atoms with E-state index in [1.807, 2.05) is 24.3 Å². The van der Waals surface area contributed by atoms with Crippen molar-refractivity contribution >= 4 is 18.6 Å².